The molecule has 1 N–H and O–H groups in total. The second kappa shape index (κ2) is 17.3. The van der Waals surface area contributed by atoms with Crippen molar-refractivity contribution in [2.45, 2.75) is 66.2 Å². The fraction of sp³-hybridized carbons (Fsp3) is 1.00. The maximum atomic E-state index is 8.42. The Morgan fingerprint density at radius 3 is 1.44 bits per heavy atom. The molecule has 0 fully saturated rings. The highest BCUT2D eigenvalue weighted by atomic mass is 16.2. The maximum absolute atomic E-state index is 8.42. The second-order valence-corrected chi connectivity index (χ2v) is 4.11. The van der Waals surface area contributed by atoms with Crippen LogP contribution in [0.25, 0.3) is 0 Å². The summed E-state index contributed by atoms with van der Waals surface area (Å²) in [6.45, 7) is 12.7. The number of aliphatic hydroxyl groups is 1. The van der Waals surface area contributed by atoms with Crippen molar-refractivity contribution in [3.8, 4) is 0 Å². The highest BCUT2D eigenvalue weighted by Crippen LogP contribution is 2.03. The first kappa shape index (κ1) is 18.3. The van der Waals surface area contributed by atoms with Crippen LogP contribution in [0.4, 0.5) is 0 Å². The highest BCUT2D eigenvalue weighted by Gasteiger charge is 1.89. The molecule has 0 unspecified atom stereocenters. The van der Waals surface area contributed by atoms with Crippen molar-refractivity contribution in [1.29, 1.82) is 0 Å². The van der Waals surface area contributed by atoms with Crippen molar-refractivity contribution in [2.75, 3.05) is 26.2 Å². The van der Waals surface area contributed by atoms with Crippen LogP contribution in [-0.2, 0) is 0 Å². The number of nitrogens with zero attached hydrogens (tertiary/aromatic N) is 1. The summed E-state index contributed by atoms with van der Waals surface area (Å²) in [5, 5.41) is 8.42. The zero-order valence-electron chi connectivity index (χ0n) is 12.0. The Morgan fingerprint density at radius 1 is 0.688 bits per heavy atom. The third-order valence-electron chi connectivity index (χ3n) is 2.85. The topological polar surface area (TPSA) is 23.5 Å². The Labute approximate surface area is 103 Å². The molecule has 0 aromatic heterocycles. The second-order valence-electron chi connectivity index (χ2n) is 4.11. The Bertz CT molecular complexity index is 91.4. The van der Waals surface area contributed by atoms with Crippen molar-refractivity contribution in [1.82, 2.24) is 4.90 Å². The first-order valence-corrected chi connectivity index (χ1v) is 7.09. The van der Waals surface area contributed by atoms with Gasteiger partial charge in [0.25, 0.3) is 0 Å². The lowest BCUT2D eigenvalue weighted by Gasteiger charge is -2.13. The van der Waals surface area contributed by atoms with Gasteiger partial charge in [-0.05, 0) is 26.1 Å². The van der Waals surface area contributed by atoms with Crippen LogP contribution in [0.15, 0.2) is 0 Å². The van der Waals surface area contributed by atoms with Gasteiger partial charge in [-0.1, -0.05) is 59.8 Å². The molecule has 2 nitrogen and oxygen atoms in total. The normalized spacial score (nSPS) is 10.1. The Balaban J connectivity index is 0. The molecule has 0 aromatic rings. The van der Waals surface area contributed by atoms with E-state index in [2.05, 4.69) is 32.6 Å². The van der Waals surface area contributed by atoms with Gasteiger partial charge < -0.3 is 10.0 Å². The molecule has 100 valence electrons. The molecule has 16 heavy (non-hydrogen) atoms. The van der Waals surface area contributed by atoms with Crippen molar-refractivity contribution in [2.24, 2.45) is 0 Å². The number of rotatable bonds is 9. The molecule has 0 bridgehead atoms. The van der Waals surface area contributed by atoms with Gasteiger partial charge >= 0.3 is 0 Å². The molecule has 0 spiro atoms. The minimum Gasteiger partial charge on any atom is -0.396 e. The predicted molar refractivity (Wildman–Crippen MR) is 73.9 cm³/mol. The van der Waals surface area contributed by atoms with E-state index in [0.29, 0.717) is 6.61 Å². The van der Waals surface area contributed by atoms with Gasteiger partial charge in [0.05, 0.1) is 0 Å². The van der Waals surface area contributed by atoms with Crippen LogP contribution in [0.1, 0.15) is 66.2 Å². The van der Waals surface area contributed by atoms with Crippen LogP contribution in [-0.4, -0.2) is 36.2 Å². The lowest BCUT2D eigenvalue weighted by atomic mass is 10.1. The van der Waals surface area contributed by atoms with Crippen LogP contribution in [0, 0.1) is 0 Å². The van der Waals surface area contributed by atoms with Gasteiger partial charge in [0.1, 0.15) is 0 Å². The van der Waals surface area contributed by atoms with Crippen molar-refractivity contribution >= 4 is 0 Å². The smallest absolute Gasteiger partial charge is 0.0431 e. The standard InChI is InChI=1S/C8H18O.C6H15N/c1-2-3-4-5-6-7-8-9;1-4-7(5-2)6-3/h9H,2-8H2,1H3;4-6H2,1-3H3. The molecule has 0 atom stereocenters. The zero-order chi connectivity index (χ0) is 12.6. The summed E-state index contributed by atoms with van der Waals surface area (Å²) < 4.78 is 0. The largest absolute Gasteiger partial charge is 0.396 e. The van der Waals surface area contributed by atoms with E-state index in [4.69, 9.17) is 5.11 Å². The van der Waals surface area contributed by atoms with Crippen LogP contribution in [0.3, 0.4) is 0 Å². The molecule has 0 aliphatic rings. The third kappa shape index (κ3) is 16.4. The van der Waals surface area contributed by atoms with Crippen molar-refractivity contribution in [3.05, 3.63) is 0 Å². The summed E-state index contributed by atoms with van der Waals surface area (Å²) in [6, 6.07) is 0. The third-order valence-corrected chi connectivity index (χ3v) is 2.85. The van der Waals surface area contributed by atoms with Gasteiger partial charge in [-0.3, -0.25) is 0 Å². The molecule has 0 rings (SSSR count). The first-order valence-electron chi connectivity index (χ1n) is 7.09. The maximum Gasteiger partial charge on any atom is 0.0431 e. The minimum atomic E-state index is 0.367. The minimum absolute atomic E-state index is 0.367. The Morgan fingerprint density at radius 2 is 1.12 bits per heavy atom. The number of hydrogen-bond donors (Lipinski definition) is 1. The van der Waals surface area contributed by atoms with Gasteiger partial charge in [-0.2, -0.15) is 0 Å². The van der Waals surface area contributed by atoms with Gasteiger partial charge in [0.15, 0.2) is 0 Å². The van der Waals surface area contributed by atoms with E-state index in [9.17, 15) is 0 Å². The van der Waals surface area contributed by atoms with E-state index in [1.165, 1.54) is 51.7 Å². The average Bonchev–Trinajstić information content (AvgIpc) is 2.32. The predicted octanol–water partition coefficient (Wildman–Crippen LogP) is 3.69. The summed E-state index contributed by atoms with van der Waals surface area (Å²) >= 11 is 0. The SMILES string of the molecule is CCCCCCCCO.CCN(CC)CC. The summed E-state index contributed by atoms with van der Waals surface area (Å²) in [5.74, 6) is 0. The highest BCUT2D eigenvalue weighted by molar-refractivity contribution is 4.44. The molecule has 0 saturated carbocycles. The van der Waals surface area contributed by atoms with Crippen LogP contribution < -0.4 is 0 Å². The fourth-order valence-corrected chi connectivity index (χ4v) is 1.56. The van der Waals surface area contributed by atoms with Crippen LogP contribution in [0.2, 0.25) is 0 Å². The lowest BCUT2D eigenvalue weighted by Crippen LogP contribution is -2.21. The molecular weight excluding hydrogens is 198 g/mol. The Kier molecular flexibility index (Phi) is 19.8. The van der Waals surface area contributed by atoms with Gasteiger partial charge in [0.2, 0.25) is 0 Å². The summed E-state index contributed by atoms with van der Waals surface area (Å²) in [6.07, 6.45) is 7.50. The molecule has 0 aliphatic heterocycles. The lowest BCUT2D eigenvalue weighted by molar-refractivity contribution is 0.282. The van der Waals surface area contributed by atoms with Gasteiger partial charge in [-0.25, -0.2) is 0 Å². The van der Waals surface area contributed by atoms with Crippen molar-refractivity contribution < 1.29 is 5.11 Å². The molecule has 2 heteroatoms. The van der Waals surface area contributed by atoms with Crippen LogP contribution >= 0.6 is 0 Å². The fourth-order valence-electron chi connectivity index (χ4n) is 1.56. The van der Waals surface area contributed by atoms with Gasteiger partial charge in [0, 0.05) is 6.61 Å². The monoisotopic (exact) mass is 231 g/mol. The molecule has 0 radical (unpaired) electrons. The number of aliphatic hydroxyl groups excluding tert-OH is 1. The summed E-state index contributed by atoms with van der Waals surface area (Å²) in [4.78, 5) is 2.38. The van der Waals surface area contributed by atoms with E-state index in [-0.39, 0.29) is 0 Å². The quantitative estimate of drug-likeness (QED) is 0.612. The molecule has 0 saturated heterocycles. The summed E-state index contributed by atoms with van der Waals surface area (Å²) in [7, 11) is 0. The van der Waals surface area contributed by atoms with Crippen LogP contribution in [0.5, 0.6) is 0 Å². The number of unbranched alkanes of at least 4 members (excludes halogenated alkanes) is 5. The molecule has 0 heterocycles. The van der Waals surface area contributed by atoms with E-state index in [1.807, 2.05) is 0 Å². The van der Waals surface area contributed by atoms with Crippen molar-refractivity contribution in [3.63, 3.8) is 0 Å². The average molecular weight is 231 g/mol. The summed E-state index contributed by atoms with van der Waals surface area (Å²) in [5.41, 5.74) is 0. The molecule has 0 aromatic carbocycles. The molecule has 0 aliphatic carbocycles. The van der Waals surface area contributed by atoms with E-state index in [0.717, 1.165) is 6.42 Å². The van der Waals surface area contributed by atoms with E-state index >= 15 is 0 Å². The van der Waals surface area contributed by atoms with E-state index in [1.54, 1.807) is 0 Å². The number of hydrogen-bond acceptors (Lipinski definition) is 2. The van der Waals surface area contributed by atoms with E-state index < -0.39 is 0 Å². The first-order chi connectivity index (χ1) is 7.76. The molecular formula is C14H33NO. The zero-order valence-corrected chi connectivity index (χ0v) is 12.0. The Hall–Kier alpha value is -0.0800. The molecule has 0 amide bonds. The van der Waals surface area contributed by atoms with Gasteiger partial charge in [-0.15, -0.1) is 0 Å².